The summed E-state index contributed by atoms with van der Waals surface area (Å²) in [6.45, 7) is 1.55. The van der Waals surface area contributed by atoms with Crippen molar-refractivity contribution < 1.29 is 4.79 Å². The molecule has 0 bridgehead atoms. The average Bonchev–Trinajstić information content (AvgIpc) is 2.32. The van der Waals surface area contributed by atoms with E-state index in [9.17, 15) is 4.79 Å². The molecule has 0 radical (unpaired) electrons. The van der Waals surface area contributed by atoms with Crippen molar-refractivity contribution in [1.29, 1.82) is 0 Å². The Balaban J connectivity index is 2.22. The molecule has 0 amide bonds. The lowest BCUT2D eigenvalue weighted by Crippen LogP contribution is -1.93. The van der Waals surface area contributed by atoms with Crippen LogP contribution in [-0.4, -0.2) is 10.8 Å². The van der Waals surface area contributed by atoms with Gasteiger partial charge < -0.3 is 0 Å². The Bertz CT molecular complexity index is 586. The largest absolute Gasteiger partial charge is 0.294 e. The monoisotopic (exact) mass is 341 g/mol. The maximum atomic E-state index is 11.3. The normalized spacial score (nSPS) is 10.4. The van der Waals surface area contributed by atoms with Gasteiger partial charge in [0.05, 0.1) is 5.02 Å². The fourth-order valence-electron chi connectivity index (χ4n) is 1.39. The van der Waals surface area contributed by atoms with Crippen molar-refractivity contribution in [2.45, 2.75) is 16.8 Å². The summed E-state index contributed by atoms with van der Waals surface area (Å²) in [5.74, 6) is 0.0445. The number of halogens is 2. The number of hydrogen-bond acceptors (Lipinski definition) is 3. The van der Waals surface area contributed by atoms with E-state index in [2.05, 4.69) is 20.9 Å². The maximum Gasteiger partial charge on any atom is 0.160 e. The van der Waals surface area contributed by atoms with Gasteiger partial charge in [0.1, 0.15) is 5.03 Å². The van der Waals surface area contributed by atoms with E-state index in [0.717, 1.165) is 14.4 Å². The number of carbonyl (C=O) groups is 1. The van der Waals surface area contributed by atoms with Crippen molar-refractivity contribution in [2.24, 2.45) is 0 Å². The predicted octanol–water partition coefficient (Wildman–Crippen LogP) is 4.85. The Hall–Kier alpha value is -0.840. The van der Waals surface area contributed by atoms with Gasteiger partial charge in [-0.15, -0.1) is 0 Å². The van der Waals surface area contributed by atoms with E-state index in [4.69, 9.17) is 11.6 Å². The van der Waals surface area contributed by atoms with Gasteiger partial charge >= 0.3 is 0 Å². The third-order valence-electron chi connectivity index (χ3n) is 2.24. The molecule has 2 rings (SSSR count). The molecule has 1 heterocycles. The van der Waals surface area contributed by atoms with Crippen molar-refractivity contribution in [3.63, 3.8) is 0 Å². The summed E-state index contributed by atoms with van der Waals surface area (Å²) in [4.78, 5) is 16.5. The van der Waals surface area contributed by atoms with Crippen LogP contribution in [0.15, 0.2) is 50.9 Å². The highest BCUT2D eigenvalue weighted by molar-refractivity contribution is 9.10. The third kappa shape index (κ3) is 3.34. The Morgan fingerprint density at radius 2 is 2.11 bits per heavy atom. The zero-order valence-electron chi connectivity index (χ0n) is 9.48. The van der Waals surface area contributed by atoms with E-state index >= 15 is 0 Å². The maximum absolute atomic E-state index is 11.3. The van der Waals surface area contributed by atoms with Crippen LogP contribution in [0.5, 0.6) is 0 Å². The average molecular weight is 343 g/mol. The molecule has 0 saturated heterocycles. The number of rotatable bonds is 3. The minimum atomic E-state index is 0.0445. The molecular weight excluding hydrogens is 334 g/mol. The molecule has 5 heteroatoms. The zero-order chi connectivity index (χ0) is 13.1. The molecular formula is C13H9BrClNOS. The first kappa shape index (κ1) is 13.6. The van der Waals surface area contributed by atoms with Crippen LogP contribution < -0.4 is 0 Å². The summed E-state index contributed by atoms with van der Waals surface area (Å²) in [5.41, 5.74) is 0.684. The van der Waals surface area contributed by atoms with Crippen molar-refractivity contribution in [1.82, 2.24) is 4.98 Å². The van der Waals surface area contributed by atoms with E-state index in [-0.39, 0.29) is 5.78 Å². The summed E-state index contributed by atoms with van der Waals surface area (Å²) in [5, 5.41) is 1.48. The van der Waals surface area contributed by atoms with Crippen LogP contribution in [0.3, 0.4) is 0 Å². The molecule has 92 valence electrons. The predicted molar refractivity (Wildman–Crippen MR) is 77.5 cm³/mol. The first-order valence-electron chi connectivity index (χ1n) is 5.16. The molecule has 0 saturated carbocycles. The topological polar surface area (TPSA) is 30.0 Å². The molecule has 0 unspecified atom stereocenters. The molecule has 18 heavy (non-hydrogen) atoms. The van der Waals surface area contributed by atoms with E-state index in [0.29, 0.717) is 10.6 Å². The Morgan fingerprint density at radius 1 is 1.33 bits per heavy atom. The number of benzene rings is 1. The minimum Gasteiger partial charge on any atom is -0.294 e. The zero-order valence-corrected chi connectivity index (χ0v) is 12.6. The van der Waals surface area contributed by atoms with Crippen LogP contribution in [0.1, 0.15) is 17.3 Å². The molecule has 0 aliphatic rings. The Kier molecular flexibility index (Phi) is 4.43. The van der Waals surface area contributed by atoms with Crippen LogP contribution in [0.4, 0.5) is 0 Å². The van der Waals surface area contributed by atoms with Gasteiger partial charge in [-0.1, -0.05) is 39.3 Å². The molecule has 1 aromatic carbocycles. The lowest BCUT2D eigenvalue weighted by atomic mass is 10.2. The molecule has 0 aliphatic carbocycles. The highest BCUT2D eigenvalue weighted by Gasteiger charge is 2.07. The van der Waals surface area contributed by atoms with E-state index in [1.807, 2.05) is 24.3 Å². The minimum absolute atomic E-state index is 0.0445. The highest BCUT2D eigenvalue weighted by atomic mass is 79.9. The molecule has 2 nitrogen and oxygen atoms in total. The quantitative estimate of drug-likeness (QED) is 0.747. The first-order valence-corrected chi connectivity index (χ1v) is 7.15. The second-order valence-corrected chi connectivity index (χ2v) is 6.00. The summed E-state index contributed by atoms with van der Waals surface area (Å²) >= 11 is 10.7. The van der Waals surface area contributed by atoms with E-state index < -0.39 is 0 Å². The summed E-state index contributed by atoms with van der Waals surface area (Å²) in [7, 11) is 0. The van der Waals surface area contributed by atoms with Crippen LogP contribution in [-0.2, 0) is 0 Å². The summed E-state index contributed by atoms with van der Waals surface area (Å²) in [6.07, 6.45) is 1.61. The lowest BCUT2D eigenvalue weighted by Gasteiger charge is -2.04. The molecule has 0 aliphatic heterocycles. The van der Waals surface area contributed by atoms with Gasteiger partial charge in [0, 0.05) is 21.1 Å². The third-order valence-corrected chi connectivity index (χ3v) is 4.06. The van der Waals surface area contributed by atoms with E-state index in [1.54, 1.807) is 19.2 Å². The van der Waals surface area contributed by atoms with Gasteiger partial charge in [-0.25, -0.2) is 4.98 Å². The number of carbonyl (C=O) groups excluding carboxylic acids is 1. The Morgan fingerprint density at radius 3 is 2.67 bits per heavy atom. The summed E-state index contributed by atoms with van der Waals surface area (Å²) in [6, 6.07) is 9.29. The Labute approximate surface area is 123 Å². The number of nitrogens with zero attached hydrogens (tertiary/aromatic N) is 1. The lowest BCUT2D eigenvalue weighted by molar-refractivity contribution is 0.101. The fourth-order valence-corrected chi connectivity index (χ4v) is 3.11. The van der Waals surface area contributed by atoms with Gasteiger partial charge in [0.25, 0.3) is 0 Å². The smallest absolute Gasteiger partial charge is 0.160 e. The molecule has 2 aromatic rings. The van der Waals surface area contributed by atoms with Gasteiger partial charge in [-0.3, -0.25) is 4.79 Å². The number of hydrogen-bond donors (Lipinski definition) is 0. The van der Waals surface area contributed by atoms with Crippen molar-refractivity contribution in [3.05, 3.63) is 51.6 Å². The van der Waals surface area contributed by atoms with Crippen LogP contribution >= 0.6 is 39.3 Å². The number of ketones is 1. The van der Waals surface area contributed by atoms with Gasteiger partial charge in [-0.2, -0.15) is 0 Å². The van der Waals surface area contributed by atoms with Gasteiger partial charge in [0.15, 0.2) is 5.78 Å². The van der Waals surface area contributed by atoms with Gasteiger partial charge in [-0.05, 0) is 37.3 Å². The molecule has 0 atom stereocenters. The number of Topliss-reactive ketones (excluding diaryl/α,β-unsaturated/α-hetero) is 1. The molecule has 0 N–H and O–H groups in total. The van der Waals surface area contributed by atoms with E-state index in [1.165, 1.54) is 11.8 Å². The van der Waals surface area contributed by atoms with Crippen LogP contribution in [0, 0.1) is 0 Å². The van der Waals surface area contributed by atoms with Crippen LogP contribution in [0.2, 0.25) is 5.02 Å². The first-order chi connectivity index (χ1) is 8.56. The molecule has 0 fully saturated rings. The fraction of sp³-hybridized carbons (Fsp3) is 0.0769. The second-order valence-electron chi connectivity index (χ2n) is 3.61. The van der Waals surface area contributed by atoms with Gasteiger partial charge in [0.2, 0.25) is 0 Å². The highest BCUT2D eigenvalue weighted by Crippen LogP contribution is 2.30. The second kappa shape index (κ2) is 5.87. The van der Waals surface area contributed by atoms with Crippen molar-refractivity contribution in [3.8, 4) is 0 Å². The van der Waals surface area contributed by atoms with Crippen molar-refractivity contribution in [2.75, 3.05) is 0 Å². The SMILES string of the molecule is CC(=O)c1ccc(Sc2ccc(Cl)cn2)cc1Br. The molecule has 1 aromatic heterocycles. The standard InChI is InChI=1S/C13H9BrClNOS/c1-8(17)11-4-3-10(6-12(11)14)18-13-5-2-9(15)7-16-13/h2-7H,1H3. The van der Waals surface area contributed by atoms with Crippen molar-refractivity contribution >= 4 is 45.1 Å². The molecule has 0 spiro atoms. The number of aromatic nitrogens is 1. The summed E-state index contributed by atoms with van der Waals surface area (Å²) < 4.78 is 0.800. The number of pyridine rings is 1. The van der Waals surface area contributed by atoms with Crippen LogP contribution in [0.25, 0.3) is 0 Å².